The molecule has 0 saturated heterocycles. The number of carbonyl (C=O) groups excluding carboxylic acids is 1. The summed E-state index contributed by atoms with van der Waals surface area (Å²) in [5.41, 5.74) is 5.93. The average Bonchev–Trinajstić information content (AvgIpc) is 2.87. The SMILES string of the molecule is Cn1cc(C(=O)Nc2ccc(F)c(C(N)=NO)c2)cn1. The van der Waals surface area contributed by atoms with E-state index in [4.69, 9.17) is 10.9 Å². The molecule has 1 amide bonds. The van der Waals surface area contributed by atoms with Gasteiger partial charge in [0.2, 0.25) is 0 Å². The number of halogens is 1. The number of rotatable bonds is 3. The molecular weight excluding hydrogens is 265 g/mol. The van der Waals surface area contributed by atoms with Crippen LogP contribution in [-0.2, 0) is 7.05 Å². The van der Waals surface area contributed by atoms with Crippen LogP contribution in [0.4, 0.5) is 10.1 Å². The van der Waals surface area contributed by atoms with Gasteiger partial charge < -0.3 is 16.3 Å². The number of benzene rings is 1. The van der Waals surface area contributed by atoms with Gasteiger partial charge in [-0.1, -0.05) is 5.16 Å². The molecule has 1 aromatic carbocycles. The maximum absolute atomic E-state index is 13.5. The van der Waals surface area contributed by atoms with E-state index in [1.165, 1.54) is 23.0 Å². The van der Waals surface area contributed by atoms with E-state index in [-0.39, 0.29) is 11.4 Å². The highest BCUT2D eigenvalue weighted by Gasteiger charge is 2.12. The Hall–Kier alpha value is -2.90. The van der Waals surface area contributed by atoms with Gasteiger partial charge in [0.05, 0.1) is 17.3 Å². The van der Waals surface area contributed by atoms with Gasteiger partial charge in [0, 0.05) is 18.9 Å². The number of anilines is 1. The summed E-state index contributed by atoms with van der Waals surface area (Å²) in [5, 5.41) is 17.7. The summed E-state index contributed by atoms with van der Waals surface area (Å²) < 4.78 is 15.0. The van der Waals surface area contributed by atoms with Crippen LogP contribution in [0.3, 0.4) is 0 Å². The van der Waals surface area contributed by atoms with Crippen molar-refractivity contribution in [3.05, 3.63) is 47.5 Å². The Morgan fingerprint density at radius 1 is 1.55 bits per heavy atom. The lowest BCUT2D eigenvalue weighted by molar-refractivity contribution is 0.102. The summed E-state index contributed by atoms with van der Waals surface area (Å²) in [7, 11) is 1.69. The molecule has 4 N–H and O–H groups in total. The molecule has 2 aromatic rings. The number of nitrogens with two attached hydrogens (primary N) is 1. The number of aromatic nitrogens is 2. The van der Waals surface area contributed by atoms with Crippen LogP contribution in [0, 0.1) is 5.82 Å². The van der Waals surface area contributed by atoms with Crippen LogP contribution >= 0.6 is 0 Å². The number of hydrogen-bond acceptors (Lipinski definition) is 4. The van der Waals surface area contributed by atoms with Gasteiger partial charge in [-0.25, -0.2) is 4.39 Å². The Labute approximate surface area is 113 Å². The number of hydrogen-bond donors (Lipinski definition) is 3. The second-order valence-electron chi connectivity index (χ2n) is 4.04. The lowest BCUT2D eigenvalue weighted by atomic mass is 10.1. The van der Waals surface area contributed by atoms with Crippen molar-refractivity contribution in [2.24, 2.45) is 17.9 Å². The van der Waals surface area contributed by atoms with Crippen molar-refractivity contribution in [3.63, 3.8) is 0 Å². The van der Waals surface area contributed by atoms with Gasteiger partial charge in [-0.2, -0.15) is 5.10 Å². The fourth-order valence-corrected chi connectivity index (χ4v) is 1.59. The third kappa shape index (κ3) is 2.74. The Bertz CT molecular complexity index is 680. The highest BCUT2D eigenvalue weighted by atomic mass is 19.1. The van der Waals surface area contributed by atoms with Gasteiger partial charge in [0.25, 0.3) is 5.91 Å². The zero-order valence-corrected chi connectivity index (χ0v) is 10.5. The first kappa shape index (κ1) is 13.5. The molecular formula is C12H12FN5O2. The van der Waals surface area contributed by atoms with E-state index in [9.17, 15) is 9.18 Å². The number of oxime groups is 1. The van der Waals surface area contributed by atoms with E-state index in [1.807, 2.05) is 0 Å². The third-order valence-electron chi connectivity index (χ3n) is 2.57. The second kappa shape index (κ2) is 5.39. The third-order valence-corrected chi connectivity index (χ3v) is 2.57. The van der Waals surface area contributed by atoms with Crippen molar-refractivity contribution in [3.8, 4) is 0 Å². The van der Waals surface area contributed by atoms with Gasteiger partial charge in [-0.15, -0.1) is 0 Å². The Balaban J connectivity index is 2.24. The summed E-state index contributed by atoms with van der Waals surface area (Å²) in [4.78, 5) is 11.9. The highest BCUT2D eigenvalue weighted by Crippen LogP contribution is 2.15. The summed E-state index contributed by atoms with van der Waals surface area (Å²) >= 11 is 0. The van der Waals surface area contributed by atoms with Gasteiger partial charge in [0.1, 0.15) is 5.82 Å². The quantitative estimate of drug-likeness (QED) is 0.335. The van der Waals surface area contributed by atoms with Crippen molar-refractivity contribution < 1.29 is 14.4 Å². The van der Waals surface area contributed by atoms with Crippen molar-refractivity contribution in [1.29, 1.82) is 0 Å². The summed E-state index contributed by atoms with van der Waals surface area (Å²) in [6, 6.07) is 3.77. The number of nitrogens with zero attached hydrogens (tertiary/aromatic N) is 3. The molecule has 0 unspecified atom stereocenters. The molecule has 0 aliphatic carbocycles. The first-order chi connectivity index (χ1) is 9.51. The zero-order valence-electron chi connectivity index (χ0n) is 10.5. The Morgan fingerprint density at radius 3 is 2.90 bits per heavy atom. The van der Waals surface area contributed by atoms with E-state index < -0.39 is 11.7 Å². The first-order valence-electron chi connectivity index (χ1n) is 5.58. The van der Waals surface area contributed by atoms with Gasteiger partial charge >= 0.3 is 0 Å². The van der Waals surface area contributed by atoms with Crippen LogP contribution in [0.2, 0.25) is 0 Å². The van der Waals surface area contributed by atoms with Crippen LogP contribution in [0.5, 0.6) is 0 Å². The largest absolute Gasteiger partial charge is 0.409 e. The Kier molecular flexibility index (Phi) is 3.65. The van der Waals surface area contributed by atoms with E-state index in [1.54, 1.807) is 13.2 Å². The van der Waals surface area contributed by atoms with E-state index in [0.717, 1.165) is 6.07 Å². The van der Waals surface area contributed by atoms with Gasteiger partial charge in [-0.05, 0) is 18.2 Å². The van der Waals surface area contributed by atoms with Crippen LogP contribution in [-0.4, -0.2) is 26.7 Å². The fourth-order valence-electron chi connectivity index (χ4n) is 1.59. The summed E-state index contributed by atoms with van der Waals surface area (Å²) in [6.45, 7) is 0. The summed E-state index contributed by atoms with van der Waals surface area (Å²) in [6.07, 6.45) is 2.95. The minimum absolute atomic E-state index is 0.100. The molecule has 0 bridgehead atoms. The molecule has 8 heteroatoms. The molecule has 0 saturated carbocycles. The molecule has 0 aliphatic heterocycles. The predicted molar refractivity (Wildman–Crippen MR) is 70.1 cm³/mol. The highest BCUT2D eigenvalue weighted by molar-refractivity contribution is 6.05. The Morgan fingerprint density at radius 2 is 2.30 bits per heavy atom. The molecule has 1 aromatic heterocycles. The van der Waals surface area contributed by atoms with Gasteiger partial charge in [-0.3, -0.25) is 9.48 Å². The maximum atomic E-state index is 13.5. The predicted octanol–water partition coefficient (Wildman–Crippen LogP) is 0.906. The summed E-state index contributed by atoms with van der Waals surface area (Å²) in [5.74, 6) is -1.42. The topological polar surface area (TPSA) is 106 Å². The molecule has 0 spiro atoms. The zero-order chi connectivity index (χ0) is 14.7. The standard InChI is InChI=1S/C12H12FN5O2/c1-18-6-7(5-15-18)12(19)16-8-2-3-10(13)9(4-8)11(14)17-20/h2-6,20H,1H3,(H2,14,17)(H,16,19). The lowest BCUT2D eigenvalue weighted by Crippen LogP contribution is -2.17. The van der Waals surface area contributed by atoms with Crippen molar-refractivity contribution >= 4 is 17.4 Å². The molecule has 104 valence electrons. The van der Waals surface area contributed by atoms with Crippen molar-refractivity contribution in [2.75, 3.05) is 5.32 Å². The van der Waals surface area contributed by atoms with Crippen LogP contribution < -0.4 is 11.1 Å². The number of aryl methyl sites for hydroxylation is 1. The number of amidine groups is 1. The number of amides is 1. The molecule has 7 nitrogen and oxygen atoms in total. The number of carbonyl (C=O) groups is 1. The lowest BCUT2D eigenvalue weighted by Gasteiger charge is -2.06. The minimum Gasteiger partial charge on any atom is -0.409 e. The van der Waals surface area contributed by atoms with Gasteiger partial charge in [0.15, 0.2) is 5.84 Å². The second-order valence-corrected chi connectivity index (χ2v) is 4.04. The van der Waals surface area contributed by atoms with Crippen molar-refractivity contribution in [1.82, 2.24) is 9.78 Å². The van der Waals surface area contributed by atoms with Crippen LogP contribution in [0.15, 0.2) is 35.7 Å². The molecule has 1 heterocycles. The smallest absolute Gasteiger partial charge is 0.258 e. The molecule has 2 rings (SSSR count). The average molecular weight is 277 g/mol. The minimum atomic E-state index is -0.653. The number of nitrogens with one attached hydrogen (secondary N) is 1. The maximum Gasteiger partial charge on any atom is 0.258 e. The molecule has 0 aliphatic rings. The van der Waals surface area contributed by atoms with Crippen LogP contribution in [0.1, 0.15) is 15.9 Å². The first-order valence-corrected chi connectivity index (χ1v) is 5.58. The molecule has 0 fully saturated rings. The fraction of sp³-hybridized carbons (Fsp3) is 0.0833. The normalized spacial score (nSPS) is 11.4. The molecule has 20 heavy (non-hydrogen) atoms. The van der Waals surface area contributed by atoms with E-state index in [2.05, 4.69) is 15.6 Å². The van der Waals surface area contributed by atoms with E-state index >= 15 is 0 Å². The monoisotopic (exact) mass is 277 g/mol. The molecule has 0 atom stereocenters. The van der Waals surface area contributed by atoms with Crippen molar-refractivity contribution in [2.45, 2.75) is 0 Å². The van der Waals surface area contributed by atoms with E-state index in [0.29, 0.717) is 11.3 Å². The molecule has 0 radical (unpaired) electrons. The van der Waals surface area contributed by atoms with Crippen LogP contribution in [0.25, 0.3) is 0 Å².